The molecule has 20 heavy (non-hydrogen) atoms. The van der Waals surface area contributed by atoms with E-state index in [1.54, 1.807) is 13.8 Å². The van der Waals surface area contributed by atoms with Crippen LogP contribution < -0.4 is 5.32 Å². The summed E-state index contributed by atoms with van der Waals surface area (Å²) in [5.41, 5.74) is -0.245. The molecule has 2 N–H and O–H groups in total. The minimum Gasteiger partial charge on any atom is -0.480 e. The number of nitrogens with one attached hydrogen (secondary N) is 1. The lowest BCUT2D eigenvalue weighted by Gasteiger charge is -2.17. The molecule has 0 aromatic carbocycles. The van der Waals surface area contributed by atoms with Crippen molar-refractivity contribution in [3.63, 3.8) is 0 Å². The van der Waals surface area contributed by atoms with Crippen LogP contribution in [0.1, 0.15) is 30.0 Å². The average molecular weight is 291 g/mol. The number of amides is 1. The third-order valence-corrected chi connectivity index (χ3v) is 2.39. The zero-order chi connectivity index (χ0) is 15.5. The van der Waals surface area contributed by atoms with Crippen molar-refractivity contribution in [2.24, 2.45) is 5.92 Å². The smallest absolute Gasteiger partial charge is 0.451 e. The zero-order valence-electron chi connectivity index (χ0n) is 10.6. The Kier molecular flexibility index (Phi) is 4.64. The Morgan fingerprint density at radius 1 is 1.25 bits per heavy atom. The van der Waals surface area contributed by atoms with Gasteiger partial charge in [-0.2, -0.15) is 13.2 Å². The topological polar surface area (TPSA) is 92.2 Å². The fourth-order valence-corrected chi connectivity index (χ4v) is 1.33. The summed E-state index contributed by atoms with van der Waals surface area (Å²) >= 11 is 0. The van der Waals surface area contributed by atoms with Gasteiger partial charge in [0.1, 0.15) is 6.04 Å². The van der Waals surface area contributed by atoms with E-state index in [0.29, 0.717) is 12.4 Å². The van der Waals surface area contributed by atoms with Crippen molar-refractivity contribution in [1.29, 1.82) is 0 Å². The number of alkyl halides is 3. The summed E-state index contributed by atoms with van der Waals surface area (Å²) in [4.78, 5) is 28.6. The van der Waals surface area contributed by atoms with Crippen LogP contribution >= 0.6 is 0 Å². The molecule has 1 aromatic rings. The minimum atomic E-state index is -4.70. The Balaban J connectivity index is 2.85. The van der Waals surface area contributed by atoms with Gasteiger partial charge in [0.05, 0.1) is 5.56 Å². The van der Waals surface area contributed by atoms with Crippen LogP contribution in [0.2, 0.25) is 0 Å². The van der Waals surface area contributed by atoms with Gasteiger partial charge in [-0.25, -0.2) is 14.8 Å². The molecule has 1 atom stereocenters. The van der Waals surface area contributed by atoms with Gasteiger partial charge in [0.2, 0.25) is 5.82 Å². The van der Waals surface area contributed by atoms with Crippen LogP contribution in [0.5, 0.6) is 0 Å². The number of aromatic nitrogens is 2. The summed E-state index contributed by atoms with van der Waals surface area (Å²) in [5, 5.41) is 11.1. The van der Waals surface area contributed by atoms with E-state index in [9.17, 15) is 22.8 Å². The van der Waals surface area contributed by atoms with Crippen molar-refractivity contribution in [2.75, 3.05) is 0 Å². The van der Waals surface area contributed by atoms with Gasteiger partial charge >= 0.3 is 12.1 Å². The number of carbonyl (C=O) groups is 2. The number of carbonyl (C=O) groups excluding carboxylic acids is 1. The molecule has 6 nitrogen and oxygen atoms in total. The molecule has 0 aliphatic carbocycles. The number of carboxylic acid groups (broad SMARTS) is 1. The van der Waals surface area contributed by atoms with Crippen LogP contribution in [-0.4, -0.2) is 33.0 Å². The molecule has 110 valence electrons. The fraction of sp³-hybridized carbons (Fsp3) is 0.455. The molecule has 9 heteroatoms. The highest BCUT2D eigenvalue weighted by Gasteiger charge is 2.34. The highest BCUT2D eigenvalue weighted by Crippen LogP contribution is 2.25. The molecular weight excluding hydrogens is 279 g/mol. The SMILES string of the molecule is CC(C)[C@H](NC(=O)c1cnc(C(F)(F)F)nc1)C(=O)O. The lowest BCUT2D eigenvalue weighted by molar-refractivity contribution is -0.145. The van der Waals surface area contributed by atoms with E-state index in [1.165, 1.54) is 0 Å². The maximum absolute atomic E-state index is 12.2. The van der Waals surface area contributed by atoms with Crippen LogP contribution in [0.4, 0.5) is 13.2 Å². The largest absolute Gasteiger partial charge is 0.480 e. The van der Waals surface area contributed by atoms with E-state index in [-0.39, 0.29) is 11.5 Å². The molecule has 0 saturated heterocycles. The molecule has 1 rings (SSSR count). The summed E-state index contributed by atoms with van der Waals surface area (Å²) in [6, 6.07) is -1.15. The van der Waals surface area contributed by atoms with E-state index in [1.807, 2.05) is 0 Å². The Morgan fingerprint density at radius 3 is 2.10 bits per heavy atom. The summed E-state index contributed by atoms with van der Waals surface area (Å²) < 4.78 is 36.7. The van der Waals surface area contributed by atoms with Crippen molar-refractivity contribution in [3.05, 3.63) is 23.8 Å². The van der Waals surface area contributed by atoms with Crippen molar-refractivity contribution in [1.82, 2.24) is 15.3 Å². The van der Waals surface area contributed by atoms with Crippen LogP contribution in [0, 0.1) is 5.92 Å². The first-order valence-electron chi connectivity index (χ1n) is 5.56. The third kappa shape index (κ3) is 3.90. The fourth-order valence-electron chi connectivity index (χ4n) is 1.33. The Morgan fingerprint density at radius 2 is 1.75 bits per heavy atom. The third-order valence-electron chi connectivity index (χ3n) is 2.39. The van der Waals surface area contributed by atoms with Crippen molar-refractivity contribution < 1.29 is 27.9 Å². The molecule has 0 aliphatic heterocycles. The van der Waals surface area contributed by atoms with Gasteiger partial charge in [-0.1, -0.05) is 13.8 Å². The van der Waals surface area contributed by atoms with Crippen LogP contribution in [0.15, 0.2) is 12.4 Å². The van der Waals surface area contributed by atoms with Crippen LogP contribution in [0.25, 0.3) is 0 Å². The number of hydrogen-bond acceptors (Lipinski definition) is 4. The van der Waals surface area contributed by atoms with Crippen LogP contribution in [-0.2, 0) is 11.0 Å². The highest BCUT2D eigenvalue weighted by atomic mass is 19.4. The predicted octanol–water partition coefficient (Wildman–Crippen LogP) is 1.33. The van der Waals surface area contributed by atoms with Crippen molar-refractivity contribution in [2.45, 2.75) is 26.1 Å². The Labute approximate surface area is 112 Å². The standard InChI is InChI=1S/C11H12F3N3O3/c1-5(2)7(9(19)20)17-8(18)6-3-15-10(16-4-6)11(12,13)14/h3-5,7H,1-2H3,(H,17,18)(H,19,20)/t7-/m0/s1. The summed E-state index contributed by atoms with van der Waals surface area (Å²) in [6.07, 6.45) is -3.30. The number of carboxylic acids is 1. The molecule has 0 aliphatic rings. The van der Waals surface area contributed by atoms with Gasteiger partial charge in [-0.05, 0) is 5.92 Å². The normalized spacial score (nSPS) is 13.1. The van der Waals surface area contributed by atoms with Crippen LogP contribution in [0.3, 0.4) is 0 Å². The second-order valence-corrected chi connectivity index (χ2v) is 4.33. The first-order chi connectivity index (χ1) is 9.12. The minimum absolute atomic E-state index is 0.245. The van der Waals surface area contributed by atoms with Gasteiger partial charge in [0.25, 0.3) is 5.91 Å². The molecule has 1 aromatic heterocycles. The number of nitrogens with zero attached hydrogens (tertiary/aromatic N) is 2. The summed E-state index contributed by atoms with van der Waals surface area (Å²) in [7, 11) is 0. The van der Waals surface area contributed by atoms with E-state index < -0.39 is 29.9 Å². The zero-order valence-corrected chi connectivity index (χ0v) is 10.6. The number of hydrogen-bond donors (Lipinski definition) is 2. The molecular formula is C11H12F3N3O3. The number of rotatable bonds is 4. The number of halogens is 3. The van der Waals surface area contributed by atoms with Crippen molar-refractivity contribution >= 4 is 11.9 Å². The molecule has 1 heterocycles. The van der Waals surface area contributed by atoms with Gasteiger partial charge in [0.15, 0.2) is 0 Å². The molecule has 0 unspecified atom stereocenters. The Bertz CT molecular complexity index is 500. The Hall–Kier alpha value is -2.19. The van der Waals surface area contributed by atoms with Crippen molar-refractivity contribution in [3.8, 4) is 0 Å². The quantitative estimate of drug-likeness (QED) is 0.873. The molecule has 1 amide bonds. The molecule has 0 spiro atoms. The molecule has 0 bridgehead atoms. The first-order valence-corrected chi connectivity index (χ1v) is 5.56. The van der Waals surface area contributed by atoms with Gasteiger partial charge in [0, 0.05) is 12.4 Å². The maximum atomic E-state index is 12.2. The maximum Gasteiger partial charge on any atom is 0.451 e. The first kappa shape index (κ1) is 15.9. The monoisotopic (exact) mass is 291 g/mol. The average Bonchev–Trinajstić information content (AvgIpc) is 2.34. The van der Waals surface area contributed by atoms with E-state index in [4.69, 9.17) is 5.11 Å². The lowest BCUT2D eigenvalue weighted by Crippen LogP contribution is -2.44. The van der Waals surface area contributed by atoms with E-state index >= 15 is 0 Å². The molecule has 0 fully saturated rings. The van der Waals surface area contributed by atoms with Gasteiger partial charge in [-0.3, -0.25) is 4.79 Å². The summed E-state index contributed by atoms with van der Waals surface area (Å²) in [5.74, 6) is -3.83. The highest BCUT2D eigenvalue weighted by molar-refractivity contribution is 5.96. The second-order valence-electron chi connectivity index (χ2n) is 4.33. The lowest BCUT2D eigenvalue weighted by atomic mass is 10.0. The van der Waals surface area contributed by atoms with Gasteiger partial charge in [-0.15, -0.1) is 0 Å². The van der Waals surface area contributed by atoms with E-state index in [0.717, 1.165) is 0 Å². The molecule has 0 saturated carbocycles. The van der Waals surface area contributed by atoms with E-state index in [2.05, 4.69) is 15.3 Å². The number of aliphatic carboxylic acids is 1. The second kappa shape index (κ2) is 5.85. The predicted molar refractivity (Wildman–Crippen MR) is 60.8 cm³/mol. The van der Waals surface area contributed by atoms with Gasteiger partial charge < -0.3 is 10.4 Å². The molecule has 0 radical (unpaired) electrons. The summed E-state index contributed by atoms with van der Waals surface area (Å²) in [6.45, 7) is 3.17.